The summed E-state index contributed by atoms with van der Waals surface area (Å²) < 4.78 is 10.6. The maximum absolute atomic E-state index is 13.0. The fraction of sp³-hybridized carbons (Fsp3) is 0.321. The molecule has 1 unspecified atom stereocenters. The molecular weight excluding hydrogens is 466 g/mol. The number of benzene rings is 1. The molecule has 4 heterocycles. The number of fused-ring (bicyclic) bond motifs is 1. The summed E-state index contributed by atoms with van der Waals surface area (Å²) in [4.78, 5) is 17.6. The number of hydrogen-bond acceptors (Lipinski definition) is 6. The third-order valence-corrected chi connectivity index (χ3v) is 5.74. The van der Waals surface area contributed by atoms with Crippen molar-refractivity contribution in [1.29, 1.82) is 0 Å². The van der Waals surface area contributed by atoms with Crippen molar-refractivity contribution < 1.29 is 9.53 Å². The number of aryl methyl sites for hydroxylation is 1. The SMILES string of the molecule is CC.CC(c1ccccc1)n1cc(-c2cn(C(=O)OC(C)(C)C)c3ncc(-c4cnn(C)c4)cc23)nn1. The fourth-order valence-electron chi connectivity index (χ4n) is 3.96. The molecule has 1 aromatic carbocycles. The standard InChI is InChI=1S/C26H27N7O2.C2H6/c1-17(18-9-7-6-8-10-18)33-16-23(29-30-33)22-15-32(25(34)35-26(2,3)4)24-21(22)11-19(12-27-24)20-13-28-31(5)14-20;1-2/h6-17H,1-5H3;1-2H3. The molecule has 0 bridgehead atoms. The Labute approximate surface area is 216 Å². The summed E-state index contributed by atoms with van der Waals surface area (Å²) in [5.74, 6) is 0. The average Bonchev–Trinajstić information content (AvgIpc) is 3.62. The summed E-state index contributed by atoms with van der Waals surface area (Å²) in [5, 5.41) is 13.9. The van der Waals surface area contributed by atoms with Crippen LogP contribution in [0.25, 0.3) is 33.4 Å². The maximum Gasteiger partial charge on any atom is 0.420 e. The number of carbonyl (C=O) groups is 1. The van der Waals surface area contributed by atoms with E-state index in [1.54, 1.807) is 23.3 Å². The minimum Gasteiger partial charge on any atom is -0.443 e. The topological polar surface area (TPSA) is 92.7 Å². The summed E-state index contributed by atoms with van der Waals surface area (Å²) in [5.41, 5.74) is 4.18. The lowest BCUT2D eigenvalue weighted by molar-refractivity contribution is 0.0543. The number of pyridine rings is 1. The predicted molar refractivity (Wildman–Crippen MR) is 144 cm³/mol. The molecule has 0 radical (unpaired) electrons. The van der Waals surface area contributed by atoms with Crippen LogP contribution in [0.4, 0.5) is 4.79 Å². The molecule has 0 spiro atoms. The lowest BCUT2D eigenvalue weighted by atomic mass is 10.1. The minimum atomic E-state index is -0.641. The molecule has 0 saturated carbocycles. The predicted octanol–water partition coefficient (Wildman–Crippen LogP) is 6.11. The zero-order valence-electron chi connectivity index (χ0n) is 22.4. The zero-order chi connectivity index (χ0) is 26.7. The molecule has 5 rings (SSSR count). The molecule has 0 fully saturated rings. The van der Waals surface area contributed by atoms with Crippen molar-refractivity contribution in [3.63, 3.8) is 0 Å². The molecular formula is C28H33N7O2. The summed E-state index contributed by atoms with van der Waals surface area (Å²) in [7, 11) is 1.87. The Kier molecular flexibility index (Phi) is 7.24. The van der Waals surface area contributed by atoms with Gasteiger partial charge in [0.25, 0.3) is 0 Å². The molecule has 0 saturated heterocycles. The third kappa shape index (κ3) is 5.45. The van der Waals surface area contributed by atoms with Crippen molar-refractivity contribution in [3.8, 4) is 22.4 Å². The van der Waals surface area contributed by atoms with E-state index in [1.165, 1.54) is 4.57 Å². The maximum atomic E-state index is 13.0. The van der Waals surface area contributed by atoms with Gasteiger partial charge in [-0.3, -0.25) is 4.68 Å². The van der Waals surface area contributed by atoms with E-state index in [-0.39, 0.29) is 6.04 Å². The van der Waals surface area contributed by atoms with Crippen LogP contribution in [-0.2, 0) is 11.8 Å². The van der Waals surface area contributed by atoms with Gasteiger partial charge in [-0.1, -0.05) is 49.4 Å². The van der Waals surface area contributed by atoms with E-state index < -0.39 is 11.7 Å². The van der Waals surface area contributed by atoms with E-state index in [4.69, 9.17) is 4.74 Å². The molecule has 1 atom stereocenters. The Morgan fingerprint density at radius 3 is 2.38 bits per heavy atom. The first-order valence-corrected chi connectivity index (χ1v) is 12.4. The van der Waals surface area contributed by atoms with Crippen LogP contribution in [0.1, 0.15) is 53.1 Å². The first kappa shape index (κ1) is 25.8. The molecule has 192 valence electrons. The van der Waals surface area contributed by atoms with Crippen LogP contribution >= 0.6 is 0 Å². The molecule has 0 aliphatic carbocycles. The second kappa shape index (κ2) is 10.4. The highest BCUT2D eigenvalue weighted by molar-refractivity contribution is 5.99. The normalized spacial score (nSPS) is 12.2. The summed E-state index contributed by atoms with van der Waals surface area (Å²) in [6.45, 7) is 11.6. The second-order valence-corrected chi connectivity index (χ2v) is 9.56. The molecule has 0 aliphatic heterocycles. The van der Waals surface area contributed by atoms with Crippen LogP contribution in [0.3, 0.4) is 0 Å². The highest BCUT2D eigenvalue weighted by atomic mass is 16.6. The van der Waals surface area contributed by atoms with Crippen LogP contribution in [0.15, 0.2) is 67.4 Å². The smallest absolute Gasteiger partial charge is 0.420 e. The van der Waals surface area contributed by atoms with Gasteiger partial charge in [-0.05, 0) is 39.3 Å². The number of nitrogens with zero attached hydrogens (tertiary/aromatic N) is 7. The molecule has 0 amide bonds. The lowest BCUT2D eigenvalue weighted by Crippen LogP contribution is -2.26. The highest BCUT2D eigenvalue weighted by Crippen LogP contribution is 2.32. The molecule has 9 heteroatoms. The van der Waals surface area contributed by atoms with E-state index in [0.717, 1.165) is 27.6 Å². The van der Waals surface area contributed by atoms with Crippen molar-refractivity contribution >= 4 is 17.1 Å². The quantitative estimate of drug-likeness (QED) is 0.296. The molecule has 0 N–H and O–H groups in total. The van der Waals surface area contributed by atoms with Crippen molar-refractivity contribution in [2.24, 2.45) is 7.05 Å². The molecule has 4 aromatic heterocycles. The van der Waals surface area contributed by atoms with Crippen LogP contribution in [0.5, 0.6) is 0 Å². The first-order valence-electron chi connectivity index (χ1n) is 12.4. The average molecular weight is 500 g/mol. The Hall–Kier alpha value is -4.27. The Bertz CT molecular complexity index is 1510. The van der Waals surface area contributed by atoms with Gasteiger partial charge in [-0.15, -0.1) is 5.10 Å². The summed E-state index contributed by atoms with van der Waals surface area (Å²) in [6, 6.07) is 12.1. The number of hydrogen-bond donors (Lipinski definition) is 0. The van der Waals surface area contributed by atoms with Crippen LogP contribution in [-0.4, -0.2) is 46.0 Å². The van der Waals surface area contributed by atoms with Gasteiger partial charge in [0.05, 0.1) is 18.4 Å². The van der Waals surface area contributed by atoms with Gasteiger partial charge in [-0.25, -0.2) is 19.0 Å². The van der Waals surface area contributed by atoms with Crippen molar-refractivity contribution in [2.45, 2.75) is 53.2 Å². The van der Waals surface area contributed by atoms with E-state index in [1.807, 2.05) is 83.0 Å². The lowest BCUT2D eigenvalue weighted by Gasteiger charge is -2.19. The minimum absolute atomic E-state index is 0.000680. The number of aromatic nitrogens is 7. The molecule has 5 aromatic rings. The fourth-order valence-corrected chi connectivity index (χ4v) is 3.96. The van der Waals surface area contributed by atoms with Crippen LogP contribution < -0.4 is 0 Å². The number of rotatable bonds is 4. The van der Waals surface area contributed by atoms with Gasteiger partial charge in [0.2, 0.25) is 0 Å². The Morgan fingerprint density at radius 1 is 1.00 bits per heavy atom. The largest absolute Gasteiger partial charge is 0.443 e. The van der Waals surface area contributed by atoms with E-state index in [2.05, 4.69) is 39.5 Å². The van der Waals surface area contributed by atoms with Crippen molar-refractivity contribution in [3.05, 3.63) is 72.9 Å². The van der Waals surface area contributed by atoms with Crippen LogP contribution in [0.2, 0.25) is 0 Å². The number of carbonyl (C=O) groups excluding carboxylic acids is 1. The van der Waals surface area contributed by atoms with Gasteiger partial charge < -0.3 is 4.74 Å². The van der Waals surface area contributed by atoms with Gasteiger partial charge >= 0.3 is 6.09 Å². The number of ether oxygens (including phenoxy) is 1. The molecule has 37 heavy (non-hydrogen) atoms. The monoisotopic (exact) mass is 499 g/mol. The summed E-state index contributed by atoms with van der Waals surface area (Å²) >= 11 is 0. The second-order valence-electron chi connectivity index (χ2n) is 9.56. The van der Waals surface area contributed by atoms with Crippen molar-refractivity contribution in [1.82, 2.24) is 34.3 Å². The van der Waals surface area contributed by atoms with Gasteiger partial charge in [0.1, 0.15) is 16.9 Å². The van der Waals surface area contributed by atoms with E-state index in [0.29, 0.717) is 11.3 Å². The van der Waals surface area contributed by atoms with Gasteiger partial charge in [-0.2, -0.15) is 5.10 Å². The molecule has 0 aliphatic rings. The third-order valence-electron chi connectivity index (χ3n) is 5.74. The highest BCUT2D eigenvalue weighted by Gasteiger charge is 2.24. The Balaban J connectivity index is 0.00000156. The van der Waals surface area contributed by atoms with Gasteiger partial charge in [0, 0.05) is 47.7 Å². The first-order chi connectivity index (χ1) is 17.7. The van der Waals surface area contributed by atoms with Gasteiger partial charge in [0.15, 0.2) is 0 Å². The van der Waals surface area contributed by atoms with E-state index in [9.17, 15) is 4.79 Å². The summed E-state index contributed by atoms with van der Waals surface area (Å²) in [6.07, 6.45) is 8.55. The van der Waals surface area contributed by atoms with Crippen molar-refractivity contribution in [2.75, 3.05) is 0 Å². The zero-order valence-corrected chi connectivity index (χ0v) is 22.4. The Morgan fingerprint density at radius 2 is 1.73 bits per heavy atom. The van der Waals surface area contributed by atoms with E-state index >= 15 is 0 Å². The van der Waals surface area contributed by atoms with Crippen LogP contribution in [0, 0.1) is 0 Å². The molecule has 9 nitrogen and oxygen atoms in total.